The maximum Gasteiger partial charge on any atom is 0.220 e. The van der Waals surface area contributed by atoms with Gasteiger partial charge in [-0.25, -0.2) is 4.98 Å². The van der Waals surface area contributed by atoms with Gasteiger partial charge in [0.1, 0.15) is 5.82 Å². The molecular weight excluding hydrogens is 300 g/mol. The summed E-state index contributed by atoms with van der Waals surface area (Å²) in [5, 5.41) is 2.93. The summed E-state index contributed by atoms with van der Waals surface area (Å²) in [5.74, 6) is 0.987. The molecule has 0 atom stereocenters. The molecule has 3 N–H and O–H groups in total. The van der Waals surface area contributed by atoms with Crippen molar-refractivity contribution >= 4 is 17.4 Å². The quantitative estimate of drug-likeness (QED) is 0.732. The first kappa shape index (κ1) is 17.8. The Labute approximate surface area is 143 Å². The summed E-state index contributed by atoms with van der Waals surface area (Å²) in [5.41, 5.74) is 8.64. The van der Waals surface area contributed by atoms with Gasteiger partial charge in [-0.3, -0.25) is 4.79 Å². The van der Waals surface area contributed by atoms with Gasteiger partial charge in [-0.15, -0.1) is 0 Å². The van der Waals surface area contributed by atoms with Gasteiger partial charge in [-0.1, -0.05) is 24.3 Å². The van der Waals surface area contributed by atoms with E-state index in [0.29, 0.717) is 19.4 Å². The van der Waals surface area contributed by atoms with Crippen LogP contribution < -0.4 is 16.0 Å². The van der Waals surface area contributed by atoms with E-state index in [2.05, 4.69) is 29.0 Å². The van der Waals surface area contributed by atoms with E-state index < -0.39 is 0 Å². The zero-order valence-corrected chi connectivity index (χ0v) is 14.5. The van der Waals surface area contributed by atoms with E-state index in [1.165, 1.54) is 0 Å². The molecule has 0 fully saturated rings. The van der Waals surface area contributed by atoms with Crippen LogP contribution in [0.15, 0.2) is 42.6 Å². The number of benzene rings is 1. The minimum atomic E-state index is 0.0195. The summed E-state index contributed by atoms with van der Waals surface area (Å²) in [6.45, 7) is 6.58. The van der Waals surface area contributed by atoms with Crippen molar-refractivity contribution in [2.24, 2.45) is 0 Å². The molecule has 0 unspecified atom stereocenters. The summed E-state index contributed by atoms with van der Waals surface area (Å²) in [6.07, 6.45) is 2.90. The summed E-state index contributed by atoms with van der Waals surface area (Å²) < 4.78 is 0. The molecule has 2 aromatic rings. The van der Waals surface area contributed by atoms with Crippen LogP contribution >= 0.6 is 0 Å². The van der Waals surface area contributed by atoms with Crippen LogP contribution in [-0.2, 0) is 17.8 Å². The molecule has 0 aliphatic carbocycles. The number of para-hydroxylation sites is 1. The molecule has 0 bridgehead atoms. The summed E-state index contributed by atoms with van der Waals surface area (Å²) in [7, 11) is 0. The highest BCUT2D eigenvalue weighted by Gasteiger charge is 2.06. The number of rotatable bonds is 8. The maximum absolute atomic E-state index is 12.0. The van der Waals surface area contributed by atoms with Gasteiger partial charge in [0, 0.05) is 37.9 Å². The predicted molar refractivity (Wildman–Crippen MR) is 98.8 cm³/mol. The Bertz CT molecular complexity index is 651. The number of anilines is 2. The summed E-state index contributed by atoms with van der Waals surface area (Å²) in [4.78, 5) is 18.6. The second-order valence-electron chi connectivity index (χ2n) is 5.67. The molecule has 1 heterocycles. The highest BCUT2D eigenvalue weighted by atomic mass is 16.1. The third kappa shape index (κ3) is 4.98. The van der Waals surface area contributed by atoms with Crippen LogP contribution in [0.25, 0.3) is 0 Å². The zero-order chi connectivity index (χ0) is 17.4. The fourth-order valence-electron chi connectivity index (χ4n) is 2.56. The molecule has 24 heavy (non-hydrogen) atoms. The van der Waals surface area contributed by atoms with Gasteiger partial charge in [0.05, 0.1) is 0 Å². The lowest BCUT2D eigenvalue weighted by Crippen LogP contribution is -2.24. The van der Waals surface area contributed by atoms with E-state index >= 15 is 0 Å². The maximum atomic E-state index is 12.0. The minimum absolute atomic E-state index is 0.0195. The summed E-state index contributed by atoms with van der Waals surface area (Å²) in [6, 6.07) is 11.7. The molecule has 1 amide bonds. The predicted octanol–water partition coefficient (Wildman–Crippen LogP) is 2.76. The van der Waals surface area contributed by atoms with Crippen LogP contribution in [0.4, 0.5) is 11.5 Å². The standard InChI is InChI=1S/C19H26N4O/c1-3-23(4-2)18-11-9-15(13-21-18)14-22-19(24)12-10-16-7-5-6-8-17(16)20/h5-9,11,13H,3-4,10,12,14,20H2,1-2H3,(H,22,24). The van der Waals surface area contributed by atoms with Gasteiger partial charge in [-0.2, -0.15) is 0 Å². The Morgan fingerprint density at radius 1 is 1.17 bits per heavy atom. The number of carbonyl (C=O) groups excluding carboxylic acids is 1. The van der Waals surface area contributed by atoms with Crippen molar-refractivity contribution in [1.82, 2.24) is 10.3 Å². The van der Waals surface area contributed by atoms with Gasteiger partial charge >= 0.3 is 0 Å². The molecular formula is C19H26N4O. The van der Waals surface area contributed by atoms with E-state index in [0.717, 1.165) is 35.7 Å². The smallest absolute Gasteiger partial charge is 0.220 e. The van der Waals surface area contributed by atoms with Gasteiger partial charge in [0.15, 0.2) is 0 Å². The van der Waals surface area contributed by atoms with Crippen molar-refractivity contribution in [3.63, 3.8) is 0 Å². The highest BCUT2D eigenvalue weighted by molar-refractivity contribution is 5.76. The van der Waals surface area contributed by atoms with Crippen LogP contribution in [0.5, 0.6) is 0 Å². The van der Waals surface area contributed by atoms with Crippen molar-refractivity contribution in [2.45, 2.75) is 33.2 Å². The molecule has 5 nitrogen and oxygen atoms in total. The average molecular weight is 326 g/mol. The first-order chi connectivity index (χ1) is 11.6. The molecule has 0 aliphatic rings. The molecule has 0 saturated carbocycles. The van der Waals surface area contributed by atoms with Gasteiger partial charge < -0.3 is 16.0 Å². The van der Waals surface area contributed by atoms with Crippen molar-refractivity contribution in [3.05, 3.63) is 53.7 Å². The SMILES string of the molecule is CCN(CC)c1ccc(CNC(=O)CCc2ccccc2N)cn1. The van der Waals surface area contributed by atoms with Crippen molar-refractivity contribution in [3.8, 4) is 0 Å². The number of hydrogen-bond donors (Lipinski definition) is 2. The molecule has 1 aromatic heterocycles. The third-order valence-corrected chi connectivity index (χ3v) is 4.06. The molecule has 128 valence electrons. The number of pyridine rings is 1. The van der Waals surface area contributed by atoms with E-state index in [1.807, 2.05) is 42.6 Å². The van der Waals surface area contributed by atoms with Gasteiger partial charge in [0.2, 0.25) is 5.91 Å². The van der Waals surface area contributed by atoms with Crippen LogP contribution in [0.3, 0.4) is 0 Å². The number of carbonyl (C=O) groups is 1. The van der Waals surface area contributed by atoms with Crippen LogP contribution in [0.2, 0.25) is 0 Å². The van der Waals surface area contributed by atoms with E-state index in [-0.39, 0.29) is 5.91 Å². The Balaban J connectivity index is 1.80. The average Bonchev–Trinajstić information content (AvgIpc) is 2.61. The number of nitrogens with one attached hydrogen (secondary N) is 1. The monoisotopic (exact) mass is 326 g/mol. The molecule has 0 saturated heterocycles. The molecule has 0 spiro atoms. The first-order valence-corrected chi connectivity index (χ1v) is 8.44. The van der Waals surface area contributed by atoms with Gasteiger partial charge in [-0.05, 0) is 43.5 Å². The topological polar surface area (TPSA) is 71.2 Å². The normalized spacial score (nSPS) is 10.4. The van der Waals surface area contributed by atoms with E-state index in [1.54, 1.807) is 0 Å². The lowest BCUT2D eigenvalue weighted by atomic mass is 10.1. The number of aromatic nitrogens is 1. The fourth-order valence-corrected chi connectivity index (χ4v) is 2.56. The van der Waals surface area contributed by atoms with Crippen molar-refractivity contribution in [2.75, 3.05) is 23.7 Å². The number of aryl methyl sites for hydroxylation is 1. The molecule has 0 aliphatic heterocycles. The molecule has 1 aromatic carbocycles. The fraction of sp³-hybridized carbons (Fsp3) is 0.368. The second-order valence-corrected chi connectivity index (χ2v) is 5.67. The van der Waals surface area contributed by atoms with Crippen LogP contribution in [0.1, 0.15) is 31.4 Å². The number of amides is 1. The van der Waals surface area contributed by atoms with E-state index in [9.17, 15) is 4.79 Å². The largest absolute Gasteiger partial charge is 0.399 e. The number of nitrogens with two attached hydrogens (primary N) is 1. The van der Waals surface area contributed by atoms with Gasteiger partial charge in [0.25, 0.3) is 0 Å². The molecule has 5 heteroatoms. The number of nitrogen functional groups attached to an aromatic ring is 1. The Morgan fingerprint density at radius 2 is 1.92 bits per heavy atom. The minimum Gasteiger partial charge on any atom is -0.399 e. The Hall–Kier alpha value is -2.56. The van der Waals surface area contributed by atoms with Crippen LogP contribution in [0, 0.1) is 0 Å². The lowest BCUT2D eigenvalue weighted by molar-refractivity contribution is -0.121. The number of hydrogen-bond acceptors (Lipinski definition) is 4. The summed E-state index contributed by atoms with van der Waals surface area (Å²) >= 11 is 0. The third-order valence-electron chi connectivity index (χ3n) is 4.06. The first-order valence-electron chi connectivity index (χ1n) is 8.44. The Kier molecular flexibility index (Phi) is 6.61. The van der Waals surface area contributed by atoms with Crippen LogP contribution in [-0.4, -0.2) is 24.0 Å². The van der Waals surface area contributed by atoms with E-state index in [4.69, 9.17) is 5.73 Å². The van der Waals surface area contributed by atoms with Crippen molar-refractivity contribution in [1.29, 1.82) is 0 Å². The Morgan fingerprint density at radius 3 is 2.54 bits per heavy atom. The van der Waals surface area contributed by atoms with Crippen molar-refractivity contribution < 1.29 is 4.79 Å². The second kappa shape index (κ2) is 8.91. The molecule has 2 rings (SSSR count). The molecule has 0 radical (unpaired) electrons. The number of nitrogens with zero attached hydrogens (tertiary/aromatic N) is 2. The lowest BCUT2D eigenvalue weighted by Gasteiger charge is -2.19. The zero-order valence-electron chi connectivity index (χ0n) is 14.5. The highest BCUT2D eigenvalue weighted by Crippen LogP contribution is 2.13.